The standard InChI is InChI=1S/C21H22N2O3S2/c1-4-25-20(24)12-19-22-13-16(14-23-19)6-5-15-7-8-18-17(11-15)21(27-2,28-3)9-10-26-18/h7-8,11,13-14H,4,9-10,12H2,1-3H3. The van der Waals surface area contributed by atoms with Crippen molar-refractivity contribution in [1.82, 2.24) is 9.97 Å². The molecule has 0 atom stereocenters. The summed E-state index contributed by atoms with van der Waals surface area (Å²) in [6, 6.07) is 6.08. The molecular formula is C21H22N2O3S2. The fourth-order valence-corrected chi connectivity index (χ4v) is 4.97. The van der Waals surface area contributed by atoms with Crippen molar-refractivity contribution in [2.45, 2.75) is 23.8 Å². The van der Waals surface area contributed by atoms with Crippen LogP contribution in [0.3, 0.4) is 0 Å². The van der Waals surface area contributed by atoms with Gasteiger partial charge in [0.2, 0.25) is 0 Å². The monoisotopic (exact) mass is 414 g/mol. The Labute approximate surface area is 174 Å². The zero-order valence-electron chi connectivity index (χ0n) is 16.2. The maximum absolute atomic E-state index is 11.5. The van der Waals surface area contributed by atoms with E-state index in [1.807, 2.05) is 35.7 Å². The van der Waals surface area contributed by atoms with Gasteiger partial charge in [-0.2, -0.15) is 0 Å². The Bertz CT molecular complexity index is 900. The van der Waals surface area contributed by atoms with E-state index in [0.29, 0.717) is 18.0 Å². The second kappa shape index (κ2) is 9.35. The van der Waals surface area contributed by atoms with Crippen LogP contribution in [-0.4, -0.2) is 41.7 Å². The van der Waals surface area contributed by atoms with Gasteiger partial charge >= 0.3 is 5.97 Å². The van der Waals surface area contributed by atoms with Gasteiger partial charge in [-0.15, -0.1) is 23.5 Å². The molecule has 1 aliphatic rings. The summed E-state index contributed by atoms with van der Waals surface area (Å²) >= 11 is 3.69. The number of thioether (sulfide) groups is 2. The number of ether oxygens (including phenoxy) is 2. The first-order valence-corrected chi connectivity index (χ1v) is 11.4. The number of carbonyl (C=O) groups excluding carboxylic acids is 1. The molecular weight excluding hydrogens is 392 g/mol. The molecule has 0 fully saturated rings. The summed E-state index contributed by atoms with van der Waals surface area (Å²) in [5.74, 6) is 7.31. The second-order valence-electron chi connectivity index (χ2n) is 6.09. The lowest BCUT2D eigenvalue weighted by molar-refractivity contribution is -0.142. The van der Waals surface area contributed by atoms with Crippen LogP contribution in [0.4, 0.5) is 0 Å². The van der Waals surface area contributed by atoms with Crippen molar-refractivity contribution < 1.29 is 14.3 Å². The molecule has 0 spiro atoms. The van der Waals surface area contributed by atoms with Crippen molar-refractivity contribution in [3.05, 3.63) is 53.1 Å². The highest BCUT2D eigenvalue weighted by Crippen LogP contribution is 2.52. The van der Waals surface area contributed by atoms with E-state index < -0.39 is 0 Å². The summed E-state index contributed by atoms with van der Waals surface area (Å²) in [5, 5.41) is 0. The fourth-order valence-electron chi connectivity index (χ4n) is 2.96. The SMILES string of the molecule is CCOC(=O)Cc1ncc(C#Cc2ccc3c(c2)C(SC)(SC)CCO3)cn1. The molecule has 2 aromatic rings. The van der Waals surface area contributed by atoms with Gasteiger partial charge in [-0.3, -0.25) is 4.79 Å². The third-order valence-electron chi connectivity index (χ3n) is 4.40. The van der Waals surface area contributed by atoms with Crippen molar-refractivity contribution in [3.8, 4) is 17.6 Å². The Balaban J connectivity index is 1.78. The summed E-state index contributed by atoms with van der Waals surface area (Å²) in [7, 11) is 0. The van der Waals surface area contributed by atoms with Gasteiger partial charge < -0.3 is 9.47 Å². The topological polar surface area (TPSA) is 61.3 Å². The number of rotatable bonds is 5. The molecule has 1 aromatic heterocycles. The molecule has 0 unspecified atom stereocenters. The molecule has 1 aromatic carbocycles. The van der Waals surface area contributed by atoms with E-state index in [-0.39, 0.29) is 16.5 Å². The van der Waals surface area contributed by atoms with E-state index >= 15 is 0 Å². The molecule has 0 aliphatic carbocycles. The number of carbonyl (C=O) groups is 1. The molecule has 0 bridgehead atoms. The Kier molecular flexibility index (Phi) is 6.87. The van der Waals surface area contributed by atoms with Gasteiger partial charge in [-0.25, -0.2) is 9.97 Å². The lowest BCUT2D eigenvalue weighted by atomic mass is 10.0. The summed E-state index contributed by atoms with van der Waals surface area (Å²) in [6.45, 7) is 2.85. The van der Waals surface area contributed by atoms with Crippen LogP contribution < -0.4 is 4.74 Å². The average molecular weight is 415 g/mol. The van der Waals surface area contributed by atoms with E-state index in [0.717, 1.165) is 24.3 Å². The van der Waals surface area contributed by atoms with E-state index in [4.69, 9.17) is 9.47 Å². The molecule has 0 radical (unpaired) electrons. The number of nitrogens with zero attached hydrogens (tertiary/aromatic N) is 2. The van der Waals surface area contributed by atoms with E-state index in [1.54, 1.807) is 19.3 Å². The molecule has 0 N–H and O–H groups in total. The predicted molar refractivity (Wildman–Crippen MR) is 114 cm³/mol. The molecule has 1 aliphatic heterocycles. The van der Waals surface area contributed by atoms with Crippen molar-refractivity contribution in [2.24, 2.45) is 0 Å². The molecule has 146 valence electrons. The van der Waals surface area contributed by atoms with Crippen LogP contribution >= 0.6 is 23.5 Å². The minimum absolute atomic E-state index is 0.00311. The highest BCUT2D eigenvalue weighted by Gasteiger charge is 2.36. The van der Waals surface area contributed by atoms with Gasteiger partial charge in [0, 0.05) is 29.9 Å². The van der Waals surface area contributed by atoms with E-state index in [1.165, 1.54) is 5.56 Å². The van der Waals surface area contributed by atoms with Crippen LogP contribution in [0.15, 0.2) is 30.6 Å². The molecule has 7 heteroatoms. The third kappa shape index (κ3) is 4.62. The van der Waals surface area contributed by atoms with Gasteiger partial charge in [0.25, 0.3) is 0 Å². The quantitative estimate of drug-likeness (QED) is 0.420. The van der Waals surface area contributed by atoms with Crippen LogP contribution in [0, 0.1) is 11.8 Å². The first-order chi connectivity index (χ1) is 13.6. The molecule has 0 amide bonds. The smallest absolute Gasteiger partial charge is 0.313 e. The number of aromatic nitrogens is 2. The van der Waals surface area contributed by atoms with E-state index in [2.05, 4.69) is 40.4 Å². The fraction of sp³-hybridized carbons (Fsp3) is 0.381. The largest absolute Gasteiger partial charge is 0.493 e. The van der Waals surface area contributed by atoms with Crippen molar-refractivity contribution in [2.75, 3.05) is 25.7 Å². The Morgan fingerprint density at radius 1 is 1.21 bits per heavy atom. The molecule has 2 heterocycles. The van der Waals surface area contributed by atoms with Crippen LogP contribution in [0.1, 0.15) is 35.9 Å². The van der Waals surface area contributed by atoms with Gasteiger partial charge in [0.05, 0.1) is 22.9 Å². The number of esters is 1. The number of hydrogen-bond donors (Lipinski definition) is 0. The van der Waals surface area contributed by atoms with Crippen LogP contribution in [0.25, 0.3) is 0 Å². The van der Waals surface area contributed by atoms with Gasteiger partial charge in [0.15, 0.2) is 0 Å². The highest BCUT2D eigenvalue weighted by atomic mass is 32.2. The van der Waals surface area contributed by atoms with Crippen LogP contribution in [0.5, 0.6) is 5.75 Å². The lowest BCUT2D eigenvalue weighted by Crippen LogP contribution is -2.26. The predicted octanol–water partition coefficient (Wildman–Crippen LogP) is 3.64. The van der Waals surface area contributed by atoms with Gasteiger partial charge in [-0.1, -0.05) is 11.8 Å². The molecule has 28 heavy (non-hydrogen) atoms. The zero-order chi connectivity index (χ0) is 20.0. The minimum atomic E-state index is -0.330. The average Bonchev–Trinajstić information content (AvgIpc) is 2.73. The first kappa shape index (κ1) is 20.6. The summed E-state index contributed by atoms with van der Waals surface area (Å²) in [6.07, 6.45) is 8.57. The van der Waals surface area contributed by atoms with Crippen molar-refractivity contribution in [1.29, 1.82) is 0 Å². The van der Waals surface area contributed by atoms with Crippen molar-refractivity contribution in [3.63, 3.8) is 0 Å². The molecule has 0 saturated heterocycles. The first-order valence-electron chi connectivity index (χ1n) is 8.96. The summed E-state index contributed by atoms with van der Waals surface area (Å²) in [4.78, 5) is 19.9. The van der Waals surface area contributed by atoms with Crippen LogP contribution in [0.2, 0.25) is 0 Å². The number of hydrogen-bond acceptors (Lipinski definition) is 7. The van der Waals surface area contributed by atoms with Gasteiger partial charge in [0.1, 0.15) is 18.0 Å². The number of fused-ring (bicyclic) bond motifs is 1. The molecule has 3 rings (SSSR count). The highest BCUT2D eigenvalue weighted by molar-refractivity contribution is 8.16. The number of benzene rings is 1. The van der Waals surface area contributed by atoms with Crippen LogP contribution in [-0.2, 0) is 20.0 Å². The molecule has 5 nitrogen and oxygen atoms in total. The van der Waals surface area contributed by atoms with Crippen molar-refractivity contribution >= 4 is 29.5 Å². The van der Waals surface area contributed by atoms with E-state index in [9.17, 15) is 4.79 Å². The Morgan fingerprint density at radius 2 is 1.93 bits per heavy atom. The maximum atomic E-state index is 11.5. The summed E-state index contributed by atoms with van der Waals surface area (Å²) < 4.78 is 10.7. The Morgan fingerprint density at radius 3 is 2.61 bits per heavy atom. The second-order valence-corrected chi connectivity index (χ2v) is 8.56. The lowest BCUT2D eigenvalue weighted by Gasteiger charge is -2.36. The van der Waals surface area contributed by atoms with Gasteiger partial charge in [-0.05, 0) is 37.6 Å². The maximum Gasteiger partial charge on any atom is 0.313 e. The molecule has 0 saturated carbocycles. The zero-order valence-corrected chi connectivity index (χ0v) is 17.8. The minimum Gasteiger partial charge on any atom is -0.493 e. The summed E-state index contributed by atoms with van der Waals surface area (Å²) in [5.41, 5.74) is 2.81. The third-order valence-corrected chi connectivity index (χ3v) is 7.57. The normalized spacial score (nSPS) is 14.2. The Hall–Kier alpha value is -2.17.